The Morgan fingerprint density at radius 2 is 1.67 bits per heavy atom. The first-order chi connectivity index (χ1) is 15.8. The lowest BCUT2D eigenvalue weighted by molar-refractivity contribution is -0.126. The lowest BCUT2D eigenvalue weighted by atomic mass is 9.98. The summed E-state index contributed by atoms with van der Waals surface area (Å²) >= 11 is 0. The molecular weight excluding hydrogens is 418 g/mol. The molecule has 1 aromatic carbocycles. The summed E-state index contributed by atoms with van der Waals surface area (Å²) < 4.78 is 8.94. The highest BCUT2D eigenvalue weighted by molar-refractivity contribution is 5.36. The molecule has 7 nitrogen and oxygen atoms in total. The molecule has 0 fully saturated rings. The Morgan fingerprint density at radius 3 is 2.06 bits per heavy atom. The highest BCUT2D eigenvalue weighted by atomic mass is 16.6. The van der Waals surface area contributed by atoms with Crippen LogP contribution in [0.3, 0.4) is 0 Å². The third kappa shape index (κ3) is 20.0. The van der Waals surface area contributed by atoms with E-state index in [1.807, 2.05) is 30.3 Å². The maximum Gasteiger partial charge on any atom is 0.292 e. The van der Waals surface area contributed by atoms with Crippen molar-refractivity contribution in [2.75, 3.05) is 27.3 Å². The molecule has 0 aliphatic heterocycles. The van der Waals surface area contributed by atoms with Gasteiger partial charge in [0, 0.05) is 13.3 Å². The molecule has 33 heavy (non-hydrogen) atoms. The smallest absolute Gasteiger partial charge is 0.292 e. The van der Waals surface area contributed by atoms with Crippen molar-refractivity contribution in [3.8, 4) is 0 Å². The number of methoxy groups -OCH3 is 2. The molecule has 2 unspecified atom stereocenters. The number of aromatic nitrogens is 1. The van der Waals surface area contributed by atoms with E-state index in [9.17, 15) is 0 Å². The van der Waals surface area contributed by atoms with Crippen LogP contribution in [-0.2, 0) is 14.3 Å². The second kappa shape index (κ2) is 22.9. The largest absolute Gasteiger partial charge is 0.471 e. The Labute approximate surface area is 200 Å². The zero-order valence-electron chi connectivity index (χ0n) is 21.7. The second-order valence-corrected chi connectivity index (χ2v) is 8.02. The van der Waals surface area contributed by atoms with Gasteiger partial charge < -0.3 is 20.0 Å². The van der Waals surface area contributed by atoms with Gasteiger partial charge in [0.1, 0.15) is 0 Å². The zero-order valence-corrected chi connectivity index (χ0v) is 21.7. The van der Waals surface area contributed by atoms with Crippen LogP contribution in [0, 0.1) is 12.8 Å². The van der Waals surface area contributed by atoms with Gasteiger partial charge in [-0.15, -0.1) is 0 Å². The van der Waals surface area contributed by atoms with Crippen LogP contribution in [-0.4, -0.2) is 44.0 Å². The molecular formula is C26H45N3O4. The Morgan fingerprint density at radius 1 is 1.09 bits per heavy atom. The average molecular weight is 464 g/mol. The predicted molar refractivity (Wildman–Crippen MR) is 135 cm³/mol. The SMILES string of the molecule is CC(C)C.CCNCCC(C)c1ccnc(C(NO)OC)c1.COC=O.Cc1ccccc1. The lowest BCUT2D eigenvalue weighted by Gasteiger charge is -2.16. The number of hydrogen-bond acceptors (Lipinski definition) is 7. The molecule has 0 bridgehead atoms. The molecule has 0 radical (unpaired) electrons. The van der Waals surface area contributed by atoms with Gasteiger partial charge in [0.05, 0.1) is 12.8 Å². The molecule has 0 saturated carbocycles. The van der Waals surface area contributed by atoms with Crippen LogP contribution in [0.2, 0.25) is 0 Å². The highest BCUT2D eigenvalue weighted by Crippen LogP contribution is 2.21. The monoisotopic (exact) mass is 463 g/mol. The van der Waals surface area contributed by atoms with Crippen LogP contribution in [0.15, 0.2) is 48.7 Å². The van der Waals surface area contributed by atoms with E-state index in [0.717, 1.165) is 25.4 Å². The fourth-order valence-electron chi connectivity index (χ4n) is 2.35. The van der Waals surface area contributed by atoms with Crippen LogP contribution in [0.4, 0.5) is 0 Å². The maximum atomic E-state index is 8.96. The van der Waals surface area contributed by atoms with E-state index in [1.165, 1.54) is 25.3 Å². The van der Waals surface area contributed by atoms with Crippen LogP contribution in [0.5, 0.6) is 0 Å². The normalized spacial score (nSPS) is 11.5. The quantitative estimate of drug-likeness (QED) is 0.202. The van der Waals surface area contributed by atoms with Gasteiger partial charge >= 0.3 is 0 Å². The van der Waals surface area contributed by atoms with E-state index in [0.29, 0.717) is 18.1 Å². The van der Waals surface area contributed by atoms with Gasteiger partial charge in [-0.3, -0.25) is 9.78 Å². The molecule has 2 rings (SSSR count). The number of carbonyl (C=O) groups excluding carboxylic acids is 1. The molecule has 1 heterocycles. The van der Waals surface area contributed by atoms with E-state index in [1.54, 1.807) is 6.20 Å². The van der Waals surface area contributed by atoms with Gasteiger partial charge in [-0.25, -0.2) is 0 Å². The van der Waals surface area contributed by atoms with Crippen LogP contribution < -0.4 is 10.8 Å². The van der Waals surface area contributed by atoms with Crippen molar-refractivity contribution in [2.24, 2.45) is 5.92 Å². The van der Waals surface area contributed by atoms with Crippen molar-refractivity contribution >= 4 is 6.47 Å². The standard InChI is InChI=1S/C13H23N3O2.C7H8.C4H10.C2H4O2/c1-4-14-7-5-10(2)11-6-8-15-12(9-11)13(16-17)18-3;1-7-5-3-2-4-6-7;1-4(2)3;1-4-2-3/h6,8-10,13-14,16-17H,4-5,7H2,1-3H3;2-6H,1H3;4H,1-3H3;2H,1H3. The number of aryl methyl sites for hydroxylation is 1. The average Bonchev–Trinajstić information content (AvgIpc) is 2.81. The van der Waals surface area contributed by atoms with Crippen molar-refractivity contribution < 1.29 is 19.5 Å². The summed E-state index contributed by atoms with van der Waals surface area (Å²) in [5, 5.41) is 12.3. The molecule has 188 valence electrons. The predicted octanol–water partition coefficient (Wildman–Crippen LogP) is 5.26. The van der Waals surface area contributed by atoms with E-state index in [2.05, 4.69) is 74.2 Å². The minimum Gasteiger partial charge on any atom is -0.471 e. The first-order valence-corrected chi connectivity index (χ1v) is 11.3. The molecule has 0 aliphatic rings. The zero-order chi connectivity index (χ0) is 25.5. The number of hydroxylamine groups is 1. The summed E-state index contributed by atoms with van der Waals surface area (Å²) in [6, 6.07) is 14.2. The van der Waals surface area contributed by atoms with Crippen molar-refractivity contribution in [3.05, 3.63) is 65.5 Å². The van der Waals surface area contributed by atoms with Gasteiger partial charge in [-0.2, -0.15) is 5.48 Å². The summed E-state index contributed by atoms with van der Waals surface area (Å²) in [7, 11) is 2.84. The molecule has 2 aromatic rings. The molecule has 0 amide bonds. The third-order valence-corrected chi connectivity index (χ3v) is 4.04. The van der Waals surface area contributed by atoms with Gasteiger partial charge in [0.15, 0.2) is 6.23 Å². The van der Waals surface area contributed by atoms with Crippen molar-refractivity contribution in [3.63, 3.8) is 0 Å². The fourth-order valence-corrected chi connectivity index (χ4v) is 2.35. The molecule has 0 spiro atoms. The molecule has 7 heteroatoms. The number of nitrogens with one attached hydrogen (secondary N) is 2. The lowest BCUT2D eigenvalue weighted by Crippen LogP contribution is -2.20. The Kier molecular flexibility index (Phi) is 22.8. The third-order valence-electron chi connectivity index (χ3n) is 4.04. The number of hydrogen-bond donors (Lipinski definition) is 3. The van der Waals surface area contributed by atoms with Crippen molar-refractivity contribution in [1.82, 2.24) is 15.8 Å². The topological polar surface area (TPSA) is 92.7 Å². The van der Waals surface area contributed by atoms with E-state index in [4.69, 9.17) is 14.7 Å². The first-order valence-electron chi connectivity index (χ1n) is 11.3. The Balaban J connectivity index is 0. The minimum absolute atomic E-state index is 0.375. The van der Waals surface area contributed by atoms with Crippen LogP contribution in [0.25, 0.3) is 0 Å². The number of benzene rings is 1. The number of carbonyl (C=O) groups is 1. The van der Waals surface area contributed by atoms with Crippen LogP contribution >= 0.6 is 0 Å². The number of pyridine rings is 1. The maximum absolute atomic E-state index is 8.96. The Hall–Kier alpha value is -2.32. The Bertz CT molecular complexity index is 677. The van der Waals surface area contributed by atoms with E-state index < -0.39 is 6.23 Å². The molecule has 0 saturated heterocycles. The molecule has 1 aromatic heterocycles. The van der Waals surface area contributed by atoms with Gasteiger partial charge in [0.25, 0.3) is 6.47 Å². The number of rotatable bonds is 9. The fraction of sp³-hybridized carbons (Fsp3) is 0.538. The summed E-state index contributed by atoms with van der Waals surface area (Å²) in [6.07, 6.45) is 2.24. The molecule has 0 aliphatic carbocycles. The summed E-state index contributed by atoms with van der Waals surface area (Å²) in [5.41, 5.74) is 5.30. The van der Waals surface area contributed by atoms with E-state index in [-0.39, 0.29) is 0 Å². The first kappa shape index (κ1) is 32.9. The number of ether oxygens (including phenoxy) is 2. The number of nitrogens with zero attached hydrogens (tertiary/aromatic N) is 1. The van der Waals surface area contributed by atoms with Crippen LogP contribution in [0.1, 0.15) is 70.0 Å². The van der Waals surface area contributed by atoms with Gasteiger partial charge in [-0.1, -0.05) is 70.5 Å². The summed E-state index contributed by atoms with van der Waals surface area (Å²) in [5.74, 6) is 1.28. The highest BCUT2D eigenvalue weighted by Gasteiger charge is 2.13. The second-order valence-electron chi connectivity index (χ2n) is 8.02. The van der Waals surface area contributed by atoms with E-state index >= 15 is 0 Å². The molecule has 2 atom stereocenters. The summed E-state index contributed by atoms with van der Waals surface area (Å²) in [6.45, 7) is 15.2. The minimum atomic E-state index is -0.578. The van der Waals surface area contributed by atoms with Gasteiger partial charge in [0.2, 0.25) is 0 Å². The van der Waals surface area contributed by atoms with Crippen molar-refractivity contribution in [1.29, 1.82) is 0 Å². The summed E-state index contributed by atoms with van der Waals surface area (Å²) in [4.78, 5) is 13.1. The molecule has 3 N–H and O–H groups in total. The van der Waals surface area contributed by atoms with Crippen molar-refractivity contribution in [2.45, 2.75) is 60.1 Å². The van der Waals surface area contributed by atoms with Gasteiger partial charge in [-0.05, 0) is 56.0 Å².